The van der Waals surface area contributed by atoms with Gasteiger partial charge in [-0.2, -0.15) is 24.5 Å². The van der Waals surface area contributed by atoms with Gasteiger partial charge in [-0.05, 0) is 31.2 Å². The van der Waals surface area contributed by atoms with Crippen LogP contribution in [-0.2, 0) is 11.2 Å². The van der Waals surface area contributed by atoms with Crippen LogP contribution in [0.4, 0.5) is 13.2 Å². The summed E-state index contributed by atoms with van der Waals surface area (Å²) in [6.45, 7) is -1.23. The minimum absolute atomic E-state index is 0.0218. The summed E-state index contributed by atoms with van der Waals surface area (Å²) in [4.78, 5) is 17.1. The predicted molar refractivity (Wildman–Crippen MR) is 125 cm³/mol. The van der Waals surface area contributed by atoms with E-state index < -0.39 is 34.5 Å². The Morgan fingerprint density at radius 2 is 2.08 bits per heavy atom. The number of ether oxygens (including phenoxy) is 2. The monoisotopic (exact) mass is 524 g/mol. The Bertz CT molecular complexity index is 1290. The van der Waals surface area contributed by atoms with Crippen molar-refractivity contribution in [3.05, 3.63) is 54.1 Å². The van der Waals surface area contributed by atoms with Gasteiger partial charge in [0.05, 0.1) is 34.9 Å². The van der Waals surface area contributed by atoms with Crippen molar-refractivity contribution in [2.75, 3.05) is 18.1 Å². The fourth-order valence-electron chi connectivity index (χ4n) is 4.56. The van der Waals surface area contributed by atoms with E-state index >= 15 is 0 Å². The van der Waals surface area contributed by atoms with E-state index in [1.54, 1.807) is 13.0 Å². The zero-order valence-corrected chi connectivity index (χ0v) is 19.8. The molecule has 36 heavy (non-hydrogen) atoms. The number of alkyl halides is 2. The van der Waals surface area contributed by atoms with Crippen LogP contribution in [0.25, 0.3) is 17.1 Å². The minimum Gasteiger partial charge on any atom is -0.488 e. The van der Waals surface area contributed by atoms with E-state index in [2.05, 4.69) is 20.1 Å². The Hall–Kier alpha value is -3.29. The van der Waals surface area contributed by atoms with Crippen molar-refractivity contribution in [2.45, 2.75) is 25.5 Å². The molecular weight excluding hydrogens is 501 g/mol. The van der Waals surface area contributed by atoms with Gasteiger partial charge < -0.3 is 14.8 Å². The van der Waals surface area contributed by atoms with Crippen molar-refractivity contribution in [3.63, 3.8) is 0 Å². The lowest BCUT2D eigenvalue weighted by Crippen LogP contribution is -2.62. The number of amides is 1. The predicted octanol–water partition coefficient (Wildman–Crippen LogP) is 3.87. The van der Waals surface area contributed by atoms with Crippen LogP contribution >= 0.6 is 10.6 Å². The topological polar surface area (TPSA) is 119 Å². The van der Waals surface area contributed by atoms with Gasteiger partial charge in [0, 0.05) is 12.0 Å². The van der Waals surface area contributed by atoms with Crippen LogP contribution in [0.15, 0.2) is 42.6 Å². The van der Waals surface area contributed by atoms with Crippen LogP contribution in [0.1, 0.15) is 12.6 Å². The van der Waals surface area contributed by atoms with Crippen LogP contribution in [0.2, 0.25) is 0 Å². The first kappa shape index (κ1) is 24.4. The van der Waals surface area contributed by atoms with Gasteiger partial charge in [-0.1, -0.05) is 12.1 Å². The highest BCUT2D eigenvalue weighted by Gasteiger charge is 2.47. The van der Waals surface area contributed by atoms with Gasteiger partial charge in [0.2, 0.25) is 5.91 Å². The highest BCUT2D eigenvalue weighted by Crippen LogP contribution is 2.54. The lowest BCUT2D eigenvalue weighted by Gasteiger charge is -2.54. The lowest BCUT2D eigenvalue weighted by molar-refractivity contribution is -0.127. The molecule has 0 radical (unpaired) electrons. The first-order valence-electron chi connectivity index (χ1n) is 11.0. The summed E-state index contributed by atoms with van der Waals surface area (Å²) in [5.74, 6) is -0.720. The van der Waals surface area contributed by atoms with Crippen molar-refractivity contribution >= 4 is 16.5 Å². The maximum atomic E-state index is 13.5. The third-order valence-electron chi connectivity index (χ3n) is 5.96. The number of pyridine rings is 1. The average Bonchev–Trinajstić information content (AvgIpc) is 3.16. The van der Waals surface area contributed by atoms with Gasteiger partial charge in [0.15, 0.2) is 11.6 Å². The Morgan fingerprint density at radius 1 is 1.31 bits per heavy atom. The van der Waals surface area contributed by atoms with Gasteiger partial charge >= 0.3 is 6.61 Å². The molecule has 2 aliphatic rings. The largest absolute Gasteiger partial charge is 0.488 e. The molecule has 13 heteroatoms. The van der Waals surface area contributed by atoms with E-state index in [4.69, 9.17) is 4.74 Å². The number of rotatable bonds is 6. The summed E-state index contributed by atoms with van der Waals surface area (Å²) < 4.78 is 70.3. The number of nitrogens with zero attached hydrogens (tertiary/aromatic N) is 3. The Morgan fingerprint density at radius 3 is 2.75 bits per heavy atom. The van der Waals surface area contributed by atoms with Crippen molar-refractivity contribution in [2.24, 2.45) is 5.92 Å². The van der Waals surface area contributed by atoms with Crippen LogP contribution in [0.3, 0.4) is 0 Å². The van der Waals surface area contributed by atoms with Crippen molar-refractivity contribution in [3.8, 4) is 28.6 Å². The molecule has 3 aromatic rings. The summed E-state index contributed by atoms with van der Waals surface area (Å²) in [6.07, 6.45) is 1.23. The third-order valence-corrected chi connectivity index (χ3v) is 8.16. The van der Waals surface area contributed by atoms with E-state index in [0.29, 0.717) is 22.7 Å². The summed E-state index contributed by atoms with van der Waals surface area (Å²) in [5, 5.41) is 7.45. The second kappa shape index (κ2) is 8.98. The SMILES string of the molecule is CC1(NC(=O)C2COc3c(-c4cccc(OC(F)F)c4)nn(-c4ccc(F)cn4)c3C2)CS(O)(O)C1. The molecule has 2 aliphatic heterocycles. The zero-order chi connectivity index (χ0) is 25.7. The molecule has 1 saturated heterocycles. The normalized spacial score (nSPS) is 20.6. The fourth-order valence-corrected chi connectivity index (χ4v) is 6.66. The first-order chi connectivity index (χ1) is 17.0. The fraction of sp³-hybridized carbons (Fsp3) is 0.348. The van der Waals surface area contributed by atoms with Gasteiger partial charge in [0.1, 0.15) is 23.9 Å². The van der Waals surface area contributed by atoms with Gasteiger partial charge in [-0.25, -0.2) is 14.1 Å². The van der Waals surface area contributed by atoms with E-state index in [1.807, 2.05) is 0 Å². The highest BCUT2D eigenvalue weighted by atomic mass is 32.3. The Labute approximate surface area is 205 Å². The summed E-state index contributed by atoms with van der Waals surface area (Å²) >= 11 is 0. The molecule has 4 heterocycles. The molecule has 1 aromatic carbocycles. The average molecular weight is 525 g/mol. The molecule has 5 rings (SSSR count). The second-order valence-electron chi connectivity index (χ2n) is 9.13. The number of carbonyl (C=O) groups excluding carboxylic acids is 1. The number of nitrogens with one attached hydrogen (secondary N) is 1. The summed E-state index contributed by atoms with van der Waals surface area (Å²) in [5.41, 5.74) is 0.555. The van der Waals surface area contributed by atoms with Crippen LogP contribution in [0.5, 0.6) is 11.5 Å². The Kier molecular flexibility index (Phi) is 6.09. The van der Waals surface area contributed by atoms with Crippen molar-refractivity contribution in [1.29, 1.82) is 0 Å². The first-order valence-corrected chi connectivity index (χ1v) is 12.9. The van der Waals surface area contributed by atoms with Gasteiger partial charge in [-0.15, -0.1) is 0 Å². The molecule has 0 saturated carbocycles. The number of hydrogen-bond donors (Lipinski definition) is 3. The summed E-state index contributed by atoms with van der Waals surface area (Å²) in [6, 6.07) is 8.62. The molecule has 1 amide bonds. The molecule has 9 nitrogen and oxygen atoms in total. The Balaban J connectivity index is 1.48. The number of benzene rings is 1. The number of aromatic nitrogens is 3. The van der Waals surface area contributed by atoms with E-state index in [9.17, 15) is 27.1 Å². The molecule has 0 bridgehead atoms. The molecule has 1 unspecified atom stereocenters. The molecule has 1 atom stereocenters. The number of halogens is 3. The van der Waals surface area contributed by atoms with Crippen molar-refractivity contribution < 1.29 is 36.5 Å². The molecule has 0 aliphatic carbocycles. The number of fused-ring (bicyclic) bond motifs is 1. The minimum atomic E-state index is -2.99. The van der Waals surface area contributed by atoms with Crippen LogP contribution in [-0.4, -0.2) is 60.0 Å². The standard InChI is InChI=1S/C23H23F3N4O5S/c1-23(11-36(32,33)12-23)28-21(31)14-8-17-20(34-10-14)19(13-3-2-4-16(7-13)35-22(25)26)29-30(17)18-6-5-15(24)9-27-18/h2-7,9,14,22,32-33H,8,10-12H2,1H3,(H,28,31). The van der Waals surface area contributed by atoms with Crippen molar-refractivity contribution in [1.82, 2.24) is 20.1 Å². The maximum Gasteiger partial charge on any atom is 0.387 e. The maximum absolute atomic E-state index is 13.5. The van der Waals surface area contributed by atoms with Crippen LogP contribution < -0.4 is 14.8 Å². The smallest absolute Gasteiger partial charge is 0.387 e. The number of hydrogen-bond acceptors (Lipinski definition) is 7. The zero-order valence-electron chi connectivity index (χ0n) is 19.0. The highest BCUT2D eigenvalue weighted by molar-refractivity contribution is 8.25. The molecule has 1 fully saturated rings. The van der Waals surface area contributed by atoms with Crippen LogP contribution in [0, 0.1) is 11.7 Å². The van der Waals surface area contributed by atoms with E-state index in [1.165, 1.54) is 35.0 Å². The molecular formula is C23H23F3N4O5S. The molecule has 0 spiro atoms. The quantitative estimate of drug-likeness (QED) is 0.448. The van der Waals surface area contributed by atoms with Gasteiger partial charge in [0.25, 0.3) is 0 Å². The van der Waals surface area contributed by atoms with E-state index in [-0.39, 0.29) is 42.0 Å². The molecule has 2 aromatic heterocycles. The number of carbonyl (C=O) groups is 1. The van der Waals surface area contributed by atoms with E-state index in [0.717, 1.165) is 6.20 Å². The lowest BCUT2D eigenvalue weighted by atomic mass is 9.97. The molecule has 192 valence electrons. The molecule has 3 N–H and O–H groups in total. The van der Waals surface area contributed by atoms with Gasteiger partial charge in [-0.3, -0.25) is 13.9 Å². The third kappa shape index (κ3) is 4.86. The second-order valence-corrected chi connectivity index (χ2v) is 11.3. The summed E-state index contributed by atoms with van der Waals surface area (Å²) in [7, 11) is -2.66.